The number of anilines is 1. The zero-order valence-electron chi connectivity index (χ0n) is 8.71. The molecule has 2 aromatic heterocycles. The SMILES string of the molecule is Nc1cc(-c2nnc3ncccn23)ccc1Cl. The Bertz CT molecular complexity index is 691. The van der Waals surface area contributed by atoms with E-state index in [0.717, 1.165) is 5.56 Å². The molecule has 0 aliphatic heterocycles. The summed E-state index contributed by atoms with van der Waals surface area (Å²) in [5, 5.41) is 8.59. The highest BCUT2D eigenvalue weighted by Gasteiger charge is 2.09. The molecule has 17 heavy (non-hydrogen) atoms. The molecule has 0 aliphatic rings. The van der Waals surface area contributed by atoms with Gasteiger partial charge < -0.3 is 5.73 Å². The molecule has 0 bridgehead atoms. The van der Waals surface area contributed by atoms with Gasteiger partial charge in [-0.2, -0.15) is 0 Å². The second-order valence-corrected chi connectivity index (χ2v) is 3.96. The van der Waals surface area contributed by atoms with Crippen molar-refractivity contribution in [2.45, 2.75) is 0 Å². The highest BCUT2D eigenvalue weighted by molar-refractivity contribution is 6.33. The third-order valence-corrected chi connectivity index (χ3v) is 2.79. The van der Waals surface area contributed by atoms with Crippen LogP contribution in [0.25, 0.3) is 17.2 Å². The summed E-state index contributed by atoms with van der Waals surface area (Å²) in [6.45, 7) is 0. The topological polar surface area (TPSA) is 69.1 Å². The van der Waals surface area contributed by atoms with Crippen molar-refractivity contribution in [2.24, 2.45) is 0 Å². The lowest BCUT2D eigenvalue weighted by Gasteiger charge is -2.02. The molecule has 0 amide bonds. The van der Waals surface area contributed by atoms with Gasteiger partial charge in [0.05, 0.1) is 10.7 Å². The highest BCUT2D eigenvalue weighted by atomic mass is 35.5. The number of nitrogens with two attached hydrogens (primary N) is 1. The smallest absolute Gasteiger partial charge is 0.255 e. The van der Waals surface area contributed by atoms with Gasteiger partial charge in [0.25, 0.3) is 5.78 Å². The van der Waals surface area contributed by atoms with Crippen LogP contribution in [0.2, 0.25) is 5.02 Å². The zero-order chi connectivity index (χ0) is 11.8. The summed E-state index contributed by atoms with van der Waals surface area (Å²) in [7, 11) is 0. The van der Waals surface area contributed by atoms with Crippen LogP contribution < -0.4 is 5.73 Å². The predicted octanol–water partition coefficient (Wildman–Crippen LogP) is 2.03. The van der Waals surface area contributed by atoms with Gasteiger partial charge in [-0.25, -0.2) is 4.98 Å². The van der Waals surface area contributed by atoms with Crippen LogP contribution in [0.4, 0.5) is 5.69 Å². The number of benzene rings is 1. The van der Waals surface area contributed by atoms with Crippen molar-refractivity contribution in [3.63, 3.8) is 0 Å². The average molecular weight is 246 g/mol. The molecule has 0 aliphatic carbocycles. The third-order valence-electron chi connectivity index (χ3n) is 2.44. The van der Waals surface area contributed by atoms with Crippen LogP contribution in [0.3, 0.4) is 0 Å². The minimum Gasteiger partial charge on any atom is -0.398 e. The first-order chi connectivity index (χ1) is 8.25. The van der Waals surface area contributed by atoms with Crippen LogP contribution in [-0.2, 0) is 0 Å². The Labute approximate surface area is 102 Å². The maximum Gasteiger partial charge on any atom is 0.255 e. The van der Waals surface area contributed by atoms with Crippen molar-refractivity contribution in [1.29, 1.82) is 0 Å². The van der Waals surface area contributed by atoms with Crippen LogP contribution in [0, 0.1) is 0 Å². The van der Waals surface area contributed by atoms with Gasteiger partial charge in [0.1, 0.15) is 0 Å². The number of hydrogen-bond acceptors (Lipinski definition) is 4. The van der Waals surface area contributed by atoms with E-state index in [0.29, 0.717) is 22.3 Å². The standard InChI is InChI=1S/C11H8ClN5/c12-8-3-2-7(6-9(8)13)10-15-16-11-14-4-1-5-17(10)11/h1-6H,13H2. The number of rotatable bonds is 1. The first-order valence-electron chi connectivity index (χ1n) is 4.97. The lowest BCUT2D eigenvalue weighted by molar-refractivity contribution is 1.10. The number of aromatic nitrogens is 4. The number of nitrogen functional groups attached to an aromatic ring is 1. The Hall–Kier alpha value is -2.14. The summed E-state index contributed by atoms with van der Waals surface area (Å²) >= 11 is 5.88. The van der Waals surface area contributed by atoms with E-state index in [1.807, 2.05) is 18.3 Å². The number of halogens is 1. The Kier molecular flexibility index (Phi) is 2.19. The minimum atomic E-state index is 0.518. The van der Waals surface area contributed by atoms with E-state index in [4.69, 9.17) is 17.3 Å². The largest absolute Gasteiger partial charge is 0.398 e. The van der Waals surface area contributed by atoms with E-state index in [1.165, 1.54) is 0 Å². The predicted molar refractivity (Wildman–Crippen MR) is 65.6 cm³/mol. The maximum atomic E-state index is 5.88. The second kappa shape index (κ2) is 3.71. The molecule has 2 N–H and O–H groups in total. The molecule has 2 heterocycles. The highest BCUT2D eigenvalue weighted by Crippen LogP contribution is 2.25. The van der Waals surface area contributed by atoms with Crippen LogP contribution in [0.1, 0.15) is 0 Å². The van der Waals surface area contributed by atoms with Gasteiger partial charge in [-0.05, 0) is 24.3 Å². The molecule has 0 atom stereocenters. The van der Waals surface area contributed by atoms with E-state index in [-0.39, 0.29) is 0 Å². The molecule has 0 unspecified atom stereocenters. The molecule has 0 fully saturated rings. The Morgan fingerprint density at radius 3 is 2.94 bits per heavy atom. The van der Waals surface area contributed by atoms with E-state index in [2.05, 4.69) is 15.2 Å². The molecular formula is C11H8ClN5. The molecule has 3 aromatic rings. The van der Waals surface area contributed by atoms with Crippen LogP contribution in [-0.4, -0.2) is 19.6 Å². The summed E-state index contributed by atoms with van der Waals surface area (Å²) in [4.78, 5) is 4.10. The Morgan fingerprint density at radius 1 is 1.24 bits per heavy atom. The minimum absolute atomic E-state index is 0.518. The van der Waals surface area contributed by atoms with Gasteiger partial charge in [-0.3, -0.25) is 4.40 Å². The van der Waals surface area contributed by atoms with E-state index >= 15 is 0 Å². The second-order valence-electron chi connectivity index (χ2n) is 3.55. The number of fused-ring (bicyclic) bond motifs is 1. The van der Waals surface area contributed by atoms with Crippen LogP contribution >= 0.6 is 11.6 Å². The molecule has 0 saturated carbocycles. The molecular weight excluding hydrogens is 238 g/mol. The van der Waals surface area contributed by atoms with Crippen LogP contribution in [0.5, 0.6) is 0 Å². The molecule has 0 saturated heterocycles. The summed E-state index contributed by atoms with van der Waals surface area (Å²) in [6.07, 6.45) is 3.52. The van der Waals surface area contributed by atoms with Crippen molar-refractivity contribution in [1.82, 2.24) is 19.6 Å². The lowest BCUT2D eigenvalue weighted by atomic mass is 10.2. The van der Waals surface area contributed by atoms with Crippen molar-refractivity contribution in [2.75, 3.05) is 5.73 Å². The summed E-state index contributed by atoms with van der Waals surface area (Å²) in [5.41, 5.74) is 7.14. The first-order valence-corrected chi connectivity index (χ1v) is 5.34. The van der Waals surface area contributed by atoms with Crippen molar-refractivity contribution < 1.29 is 0 Å². The molecule has 0 spiro atoms. The van der Waals surface area contributed by atoms with E-state index in [1.54, 1.807) is 22.7 Å². The molecule has 5 nitrogen and oxygen atoms in total. The van der Waals surface area contributed by atoms with Crippen molar-refractivity contribution in [3.05, 3.63) is 41.7 Å². The van der Waals surface area contributed by atoms with Gasteiger partial charge in [0, 0.05) is 18.0 Å². The average Bonchev–Trinajstić information content (AvgIpc) is 2.76. The third kappa shape index (κ3) is 1.60. The Morgan fingerprint density at radius 2 is 2.12 bits per heavy atom. The number of hydrogen-bond donors (Lipinski definition) is 1. The van der Waals surface area contributed by atoms with E-state index < -0.39 is 0 Å². The van der Waals surface area contributed by atoms with Crippen LogP contribution in [0.15, 0.2) is 36.7 Å². The van der Waals surface area contributed by atoms with Gasteiger partial charge in [-0.15, -0.1) is 10.2 Å². The molecule has 3 rings (SSSR count). The molecule has 1 aromatic carbocycles. The van der Waals surface area contributed by atoms with Crippen molar-refractivity contribution >= 4 is 23.1 Å². The first kappa shape index (κ1) is 10.0. The monoisotopic (exact) mass is 245 g/mol. The quantitative estimate of drug-likeness (QED) is 0.666. The van der Waals surface area contributed by atoms with Gasteiger partial charge in [0.2, 0.25) is 0 Å². The van der Waals surface area contributed by atoms with Gasteiger partial charge in [0.15, 0.2) is 5.82 Å². The molecule has 6 heteroatoms. The lowest BCUT2D eigenvalue weighted by Crippen LogP contribution is -1.92. The number of nitrogens with zero attached hydrogens (tertiary/aromatic N) is 4. The Balaban J connectivity index is 2.24. The summed E-state index contributed by atoms with van der Waals surface area (Å²) in [6, 6.07) is 7.18. The zero-order valence-corrected chi connectivity index (χ0v) is 9.46. The van der Waals surface area contributed by atoms with Gasteiger partial charge >= 0.3 is 0 Å². The molecule has 84 valence electrons. The summed E-state index contributed by atoms with van der Waals surface area (Å²) < 4.78 is 1.79. The van der Waals surface area contributed by atoms with Crippen molar-refractivity contribution in [3.8, 4) is 11.4 Å². The normalized spacial score (nSPS) is 10.9. The van der Waals surface area contributed by atoms with Gasteiger partial charge in [-0.1, -0.05) is 11.6 Å². The molecule has 0 radical (unpaired) electrons. The fourth-order valence-electron chi connectivity index (χ4n) is 1.62. The fraction of sp³-hybridized carbons (Fsp3) is 0. The maximum absolute atomic E-state index is 5.88. The summed E-state index contributed by atoms with van der Waals surface area (Å²) in [5.74, 6) is 1.24. The van der Waals surface area contributed by atoms with E-state index in [9.17, 15) is 0 Å². The fourth-order valence-corrected chi connectivity index (χ4v) is 1.74.